The highest BCUT2D eigenvalue weighted by Gasteiger charge is 2.34. The monoisotopic (exact) mass is 1190 g/mol. The number of halogens is 3. The second-order valence-corrected chi connectivity index (χ2v) is 21.2. The van der Waals surface area contributed by atoms with Gasteiger partial charge in [-0.15, -0.1) is 0 Å². The van der Waals surface area contributed by atoms with Crippen molar-refractivity contribution in [3.63, 3.8) is 0 Å². The second-order valence-electron chi connectivity index (χ2n) is 21.2. The number of esters is 3. The van der Waals surface area contributed by atoms with Crippen molar-refractivity contribution < 1.29 is 75.5 Å². The number of aliphatic carboxylic acids is 1. The van der Waals surface area contributed by atoms with Crippen molar-refractivity contribution in [2.24, 2.45) is 0 Å². The number of hydrogen-bond acceptors (Lipinski definition) is 13. The van der Waals surface area contributed by atoms with Gasteiger partial charge in [0.25, 0.3) is 5.91 Å². The van der Waals surface area contributed by atoms with E-state index in [9.17, 15) is 47.0 Å². The van der Waals surface area contributed by atoms with Gasteiger partial charge in [0.15, 0.2) is 0 Å². The van der Waals surface area contributed by atoms with Crippen molar-refractivity contribution in [2.75, 3.05) is 38.7 Å². The molecule has 0 spiro atoms. The molecule has 3 N–H and O–H groups in total. The lowest BCUT2D eigenvalue weighted by Gasteiger charge is -2.21. The summed E-state index contributed by atoms with van der Waals surface area (Å²) >= 11 is 0. The second kappa shape index (κ2) is 34.9. The number of nitrogens with one attached hydrogen (secondary N) is 2. The lowest BCUT2D eigenvalue weighted by molar-refractivity contribution is -0.153. The third-order valence-corrected chi connectivity index (χ3v) is 12.9. The van der Waals surface area contributed by atoms with Gasteiger partial charge >= 0.3 is 30.1 Å². The molecule has 2 amide bonds. The number of hydrogen-bond donors (Lipinski definition) is 3. The Morgan fingerprint density at radius 1 is 0.547 bits per heavy atom. The molecular weight excluding hydrogens is 1110 g/mol. The lowest BCUT2D eigenvalue weighted by Crippen LogP contribution is -2.35. The quantitative estimate of drug-likeness (QED) is 0.0210. The van der Waals surface area contributed by atoms with Crippen molar-refractivity contribution in [1.29, 1.82) is 0 Å². The van der Waals surface area contributed by atoms with E-state index < -0.39 is 59.3 Å². The first-order valence-corrected chi connectivity index (χ1v) is 28.8. The number of ether oxygens (including phenoxy) is 6. The zero-order chi connectivity index (χ0) is 62.5. The average Bonchev–Trinajstić information content (AvgIpc) is 2.29. The Bertz CT molecular complexity index is 3090. The first-order chi connectivity index (χ1) is 41.1. The van der Waals surface area contributed by atoms with Gasteiger partial charge in [-0.2, -0.15) is 13.2 Å². The third-order valence-electron chi connectivity index (χ3n) is 12.9. The molecule has 19 heteroatoms. The molecule has 0 aliphatic carbocycles. The molecule has 6 aromatic rings. The van der Waals surface area contributed by atoms with Gasteiger partial charge in [0.2, 0.25) is 5.91 Å². The van der Waals surface area contributed by atoms with Crippen LogP contribution in [0.5, 0.6) is 28.7 Å². The van der Waals surface area contributed by atoms with Crippen LogP contribution in [0.3, 0.4) is 0 Å². The SMILES string of the molecule is CCCCCCCOc1ccc(C(=O)Oc2ccc(CN(CC(=O)O)C(=O)c3ccc(CC(=O)Nc4ccc(OC)cc4C(F)(F)F)cc3)cc2)cc1.CCCCCCCOc1ccc(C(=O)Oc2ccc(CNCC(=O)OC(C)(C)C)cc2)cc1. The largest absolute Gasteiger partial charge is 0.497 e. The van der Waals surface area contributed by atoms with E-state index in [2.05, 4.69) is 24.5 Å². The zero-order valence-electron chi connectivity index (χ0n) is 49.7. The van der Waals surface area contributed by atoms with E-state index in [0.29, 0.717) is 53.5 Å². The lowest BCUT2D eigenvalue weighted by atomic mass is 10.1. The molecule has 0 bridgehead atoms. The van der Waals surface area contributed by atoms with E-state index in [1.807, 2.05) is 32.9 Å². The Morgan fingerprint density at radius 3 is 1.47 bits per heavy atom. The van der Waals surface area contributed by atoms with Crippen LogP contribution in [0.4, 0.5) is 18.9 Å². The Morgan fingerprint density at radius 2 is 1.00 bits per heavy atom. The standard InChI is InChI=1S/C40H41F3N2O8.C27H37NO5/c1-3-4-5-6-7-22-52-31-18-14-30(15-19-31)39(50)53-32-16-10-28(11-17-32)25-45(26-37(47)48)38(49)29-12-8-27(9-13-29)23-36(46)44-35-21-20-33(51-2)24-34(35)40(41,42)43;1-5-6-7-8-9-18-31-23-16-12-22(13-17-23)26(30)32-24-14-10-21(11-15-24)19-28-20-25(29)33-27(2,3)4/h8-21,24H,3-7,22-23,25-26H2,1-2H3,(H,44,46)(H,47,48);10-17,28H,5-9,18-20H2,1-4H3. The number of methoxy groups -OCH3 is 1. The van der Waals surface area contributed by atoms with E-state index in [0.717, 1.165) is 47.6 Å². The molecule has 6 rings (SSSR count). The maximum atomic E-state index is 13.5. The molecule has 0 aliphatic rings. The van der Waals surface area contributed by atoms with Crippen molar-refractivity contribution in [2.45, 2.75) is 130 Å². The molecule has 0 heterocycles. The highest BCUT2D eigenvalue weighted by atomic mass is 19.4. The number of carboxylic acid groups (broad SMARTS) is 1. The van der Waals surface area contributed by atoms with Gasteiger partial charge in [0.05, 0.1) is 55.7 Å². The van der Waals surface area contributed by atoms with Crippen LogP contribution in [0.2, 0.25) is 0 Å². The molecule has 16 nitrogen and oxygen atoms in total. The first kappa shape index (κ1) is 68.1. The minimum atomic E-state index is -4.73. The van der Waals surface area contributed by atoms with Gasteiger partial charge in [0, 0.05) is 18.7 Å². The van der Waals surface area contributed by atoms with Gasteiger partial charge in [-0.25, -0.2) is 9.59 Å². The number of unbranched alkanes of at least 4 members (excludes halogenated alkanes) is 8. The summed E-state index contributed by atoms with van der Waals surface area (Å²) in [5.41, 5.74) is 0.907. The molecule has 460 valence electrons. The van der Waals surface area contributed by atoms with Crippen LogP contribution in [0.15, 0.2) is 140 Å². The predicted octanol–water partition coefficient (Wildman–Crippen LogP) is 13.9. The number of carboxylic acids is 1. The van der Waals surface area contributed by atoms with Crippen molar-refractivity contribution in [1.82, 2.24) is 10.2 Å². The fourth-order valence-electron chi connectivity index (χ4n) is 8.43. The van der Waals surface area contributed by atoms with E-state index in [4.69, 9.17) is 28.4 Å². The fraction of sp³-hybridized carbons (Fsp3) is 0.373. The van der Waals surface area contributed by atoms with Crippen LogP contribution in [-0.2, 0) is 44.8 Å². The molecule has 0 unspecified atom stereocenters. The molecule has 86 heavy (non-hydrogen) atoms. The smallest absolute Gasteiger partial charge is 0.418 e. The highest BCUT2D eigenvalue weighted by Crippen LogP contribution is 2.37. The van der Waals surface area contributed by atoms with E-state index in [1.165, 1.54) is 94.5 Å². The molecule has 0 saturated carbocycles. The number of anilines is 1. The maximum Gasteiger partial charge on any atom is 0.418 e. The summed E-state index contributed by atoms with van der Waals surface area (Å²) in [6.07, 6.45) is 6.59. The summed E-state index contributed by atoms with van der Waals surface area (Å²) in [6.45, 7) is 11.1. The molecule has 0 fully saturated rings. The Labute approximate surface area is 501 Å². The van der Waals surface area contributed by atoms with Crippen molar-refractivity contribution in [3.05, 3.63) is 178 Å². The zero-order valence-corrected chi connectivity index (χ0v) is 49.7. The predicted molar refractivity (Wildman–Crippen MR) is 321 cm³/mol. The van der Waals surface area contributed by atoms with Gasteiger partial charge in [0.1, 0.15) is 40.9 Å². The van der Waals surface area contributed by atoms with Crippen LogP contribution < -0.4 is 34.3 Å². The molecule has 0 radical (unpaired) electrons. The number of nitrogens with zero attached hydrogens (tertiary/aromatic N) is 1. The topological polar surface area (TPSA) is 205 Å². The van der Waals surface area contributed by atoms with Gasteiger partial charge < -0.3 is 49.1 Å². The average molecular weight is 1190 g/mol. The van der Waals surface area contributed by atoms with E-state index in [-0.39, 0.29) is 42.5 Å². The highest BCUT2D eigenvalue weighted by molar-refractivity contribution is 5.97. The summed E-state index contributed by atoms with van der Waals surface area (Å²) in [5.74, 6) is -1.72. The molecule has 0 aromatic heterocycles. The van der Waals surface area contributed by atoms with E-state index in [1.54, 1.807) is 72.8 Å². The van der Waals surface area contributed by atoms with Crippen LogP contribution in [0.1, 0.15) is 152 Å². The van der Waals surface area contributed by atoms with Gasteiger partial charge in [-0.3, -0.25) is 19.2 Å². The number of carbonyl (C=O) groups is 6. The number of carbonyl (C=O) groups excluding carboxylic acids is 5. The number of rotatable bonds is 31. The molecule has 0 saturated heterocycles. The summed E-state index contributed by atoms with van der Waals surface area (Å²) in [5, 5.41) is 14.8. The maximum absolute atomic E-state index is 13.5. The van der Waals surface area contributed by atoms with Gasteiger partial charge in [-0.05, 0) is 153 Å². The fourth-order valence-corrected chi connectivity index (χ4v) is 8.43. The molecule has 0 atom stereocenters. The molecular formula is C67H78F3N3O13. The number of amides is 2. The first-order valence-electron chi connectivity index (χ1n) is 28.8. The van der Waals surface area contributed by atoms with Gasteiger partial charge in [-0.1, -0.05) is 102 Å². The van der Waals surface area contributed by atoms with Crippen LogP contribution in [-0.4, -0.2) is 84.7 Å². The van der Waals surface area contributed by atoms with Crippen molar-refractivity contribution in [3.8, 4) is 28.7 Å². The number of benzene rings is 6. The molecule has 6 aromatic carbocycles. The Kier molecular flexibility index (Phi) is 27.6. The summed E-state index contributed by atoms with van der Waals surface area (Å²) in [4.78, 5) is 75.5. The normalized spacial score (nSPS) is 11.1. The minimum Gasteiger partial charge on any atom is -0.497 e. The summed E-state index contributed by atoms with van der Waals surface area (Å²) < 4.78 is 73.1. The van der Waals surface area contributed by atoms with Crippen molar-refractivity contribution >= 4 is 41.4 Å². The van der Waals surface area contributed by atoms with E-state index >= 15 is 0 Å². The Hall–Kier alpha value is -8.71. The number of alkyl halides is 3. The van der Waals surface area contributed by atoms with Crippen LogP contribution in [0, 0.1) is 0 Å². The Balaban J connectivity index is 0.000000351. The third kappa shape index (κ3) is 24.9. The van der Waals surface area contributed by atoms with Crippen LogP contribution >= 0.6 is 0 Å². The summed E-state index contributed by atoms with van der Waals surface area (Å²) in [7, 11) is 1.23. The minimum absolute atomic E-state index is 0.0164. The molecule has 0 aliphatic heterocycles. The van der Waals surface area contributed by atoms with Crippen LogP contribution in [0.25, 0.3) is 0 Å². The summed E-state index contributed by atoms with van der Waals surface area (Å²) in [6, 6.07) is 36.1.